The summed E-state index contributed by atoms with van der Waals surface area (Å²) >= 11 is 0. The standard InChI is InChI=1S/C36H32N4/c1-3-27-21-33(39(29-13-7-5-8-14-29)31-17-11-19-37-25-31)24-36-28(4-2)22-34(23-35(27)36)40(30-15-9-6-10-16-30)32-18-12-20-38-26-32/h5-26H,3-4H2,1-2H3. The van der Waals surface area contributed by atoms with Crippen LogP contribution in [0.2, 0.25) is 0 Å². The van der Waals surface area contributed by atoms with Crippen LogP contribution in [0.25, 0.3) is 10.8 Å². The normalized spacial score (nSPS) is 10.9. The number of hydrogen-bond acceptors (Lipinski definition) is 4. The molecule has 0 spiro atoms. The fourth-order valence-corrected chi connectivity index (χ4v) is 5.44. The number of pyridine rings is 2. The smallest absolute Gasteiger partial charge is 0.0644 e. The van der Waals surface area contributed by atoms with Crippen LogP contribution >= 0.6 is 0 Å². The zero-order chi connectivity index (χ0) is 27.3. The summed E-state index contributed by atoms with van der Waals surface area (Å²) in [5.74, 6) is 0. The summed E-state index contributed by atoms with van der Waals surface area (Å²) in [7, 11) is 0. The van der Waals surface area contributed by atoms with Crippen molar-refractivity contribution in [3.63, 3.8) is 0 Å². The summed E-state index contributed by atoms with van der Waals surface area (Å²) in [6, 6.07) is 38.6. The minimum atomic E-state index is 0.921. The predicted octanol–water partition coefficient (Wildman–Crippen LogP) is 9.69. The van der Waals surface area contributed by atoms with Crippen LogP contribution in [0.15, 0.2) is 134 Å². The van der Waals surface area contributed by atoms with Gasteiger partial charge in [0, 0.05) is 35.1 Å². The maximum Gasteiger partial charge on any atom is 0.0644 e. The molecule has 0 saturated carbocycles. The van der Waals surface area contributed by atoms with Gasteiger partial charge in [0.1, 0.15) is 0 Å². The maximum absolute atomic E-state index is 4.43. The largest absolute Gasteiger partial charge is 0.309 e. The highest BCUT2D eigenvalue weighted by Crippen LogP contribution is 2.41. The van der Waals surface area contributed by atoms with E-state index >= 15 is 0 Å². The lowest BCUT2D eigenvalue weighted by Crippen LogP contribution is -2.12. The van der Waals surface area contributed by atoms with E-state index in [-0.39, 0.29) is 0 Å². The average Bonchev–Trinajstić information content (AvgIpc) is 3.03. The number of rotatable bonds is 8. The summed E-state index contributed by atoms with van der Waals surface area (Å²) < 4.78 is 0. The Kier molecular flexibility index (Phi) is 7.23. The molecule has 4 aromatic carbocycles. The first-order valence-electron chi connectivity index (χ1n) is 13.9. The van der Waals surface area contributed by atoms with Crippen molar-refractivity contribution in [2.45, 2.75) is 26.7 Å². The molecule has 0 aliphatic heterocycles. The molecular weight excluding hydrogens is 488 g/mol. The fraction of sp³-hybridized carbons (Fsp3) is 0.111. The highest BCUT2D eigenvalue weighted by atomic mass is 15.2. The fourth-order valence-electron chi connectivity index (χ4n) is 5.44. The van der Waals surface area contributed by atoms with Gasteiger partial charge >= 0.3 is 0 Å². The van der Waals surface area contributed by atoms with Gasteiger partial charge in [-0.1, -0.05) is 50.2 Å². The molecule has 196 valence electrons. The number of anilines is 6. The molecule has 2 heterocycles. The van der Waals surface area contributed by atoms with Crippen LogP contribution in [0.1, 0.15) is 25.0 Å². The topological polar surface area (TPSA) is 32.3 Å². The second-order valence-electron chi connectivity index (χ2n) is 9.78. The van der Waals surface area contributed by atoms with Gasteiger partial charge in [-0.25, -0.2) is 0 Å². The number of hydrogen-bond donors (Lipinski definition) is 0. The van der Waals surface area contributed by atoms with Gasteiger partial charge in [-0.05, 0) is 108 Å². The van der Waals surface area contributed by atoms with E-state index in [0.29, 0.717) is 0 Å². The molecule has 0 amide bonds. The lowest BCUT2D eigenvalue weighted by Gasteiger charge is -2.28. The number of aryl methyl sites for hydroxylation is 2. The molecule has 40 heavy (non-hydrogen) atoms. The zero-order valence-electron chi connectivity index (χ0n) is 22.9. The third-order valence-corrected chi connectivity index (χ3v) is 7.33. The van der Waals surface area contributed by atoms with E-state index in [1.165, 1.54) is 21.9 Å². The molecule has 0 aliphatic rings. The second kappa shape index (κ2) is 11.4. The van der Waals surface area contributed by atoms with Crippen molar-refractivity contribution >= 4 is 44.9 Å². The molecule has 4 nitrogen and oxygen atoms in total. The SMILES string of the molecule is CCc1cc(N(c2ccccc2)c2cccnc2)cc2c(CC)cc(N(c3ccccc3)c3cccnc3)cc12. The minimum Gasteiger partial charge on any atom is -0.309 e. The Bertz CT molecular complexity index is 1490. The third kappa shape index (κ3) is 4.92. The number of aromatic nitrogens is 2. The highest BCUT2D eigenvalue weighted by molar-refractivity contribution is 5.97. The van der Waals surface area contributed by atoms with Gasteiger partial charge in [0.05, 0.1) is 23.8 Å². The van der Waals surface area contributed by atoms with E-state index in [1.54, 1.807) is 0 Å². The van der Waals surface area contributed by atoms with Crippen LogP contribution in [0, 0.1) is 0 Å². The lowest BCUT2D eigenvalue weighted by molar-refractivity contribution is 1.13. The first-order chi connectivity index (χ1) is 19.8. The van der Waals surface area contributed by atoms with Gasteiger partial charge in [0.2, 0.25) is 0 Å². The molecule has 0 atom stereocenters. The van der Waals surface area contributed by atoms with E-state index in [2.05, 4.69) is 131 Å². The molecule has 2 aromatic heterocycles. The maximum atomic E-state index is 4.43. The van der Waals surface area contributed by atoms with Gasteiger partial charge in [0.25, 0.3) is 0 Å². The highest BCUT2D eigenvalue weighted by Gasteiger charge is 2.19. The molecule has 4 heteroatoms. The van der Waals surface area contributed by atoms with E-state index in [1.807, 2.05) is 36.9 Å². The quantitative estimate of drug-likeness (QED) is 0.200. The van der Waals surface area contributed by atoms with Crippen molar-refractivity contribution in [3.05, 3.63) is 145 Å². The molecule has 0 saturated heterocycles. The molecule has 0 radical (unpaired) electrons. The Morgan fingerprint density at radius 1 is 0.450 bits per heavy atom. The van der Waals surface area contributed by atoms with Crippen molar-refractivity contribution in [1.82, 2.24) is 9.97 Å². The van der Waals surface area contributed by atoms with Crippen LogP contribution in [-0.4, -0.2) is 9.97 Å². The van der Waals surface area contributed by atoms with E-state index in [0.717, 1.165) is 47.0 Å². The Morgan fingerprint density at radius 2 is 0.850 bits per heavy atom. The molecule has 0 unspecified atom stereocenters. The van der Waals surface area contributed by atoms with Crippen LogP contribution < -0.4 is 9.80 Å². The molecular formula is C36H32N4. The van der Waals surface area contributed by atoms with Crippen molar-refractivity contribution in [3.8, 4) is 0 Å². The summed E-state index contributed by atoms with van der Waals surface area (Å²) in [5, 5.41) is 2.56. The van der Waals surface area contributed by atoms with E-state index < -0.39 is 0 Å². The van der Waals surface area contributed by atoms with Crippen LogP contribution in [0.4, 0.5) is 34.1 Å². The minimum absolute atomic E-state index is 0.921. The molecule has 0 N–H and O–H groups in total. The monoisotopic (exact) mass is 520 g/mol. The Morgan fingerprint density at radius 3 is 1.20 bits per heavy atom. The summed E-state index contributed by atoms with van der Waals surface area (Å²) in [6.45, 7) is 4.48. The first-order valence-corrected chi connectivity index (χ1v) is 13.9. The Balaban J connectivity index is 1.57. The third-order valence-electron chi connectivity index (χ3n) is 7.33. The predicted molar refractivity (Wildman–Crippen MR) is 168 cm³/mol. The van der Waals surface area contributed by atoms with Gasteiger partial charge in [-0.2, -0.15) is 0 Å². The Labute approximate surface area is 236 Å². The molecule has 0 bridgehead atoms. The zero-order valence-corrected chi connectivity index (χ0v) is 22.9. The molecule has 0 aliphatic carbocycles. The summed E-state index contributed by atoms with van der Waals surface area (Å²) in [4.78, 5) is 13.5. The number of para-hydroxylation sites is 2. The van der Waals surface area contributed by atoms with Gasteiger partial charge < -0.3 is 9.80 Å². The molecule has 6 aromatic rings. The van der Waals surface area contributed by atoms with Crippen molar-refractivity contribution in [1.29, 1.82) is 0 Å². The van der Waals surface area contributed by atoms with Crippen LogP contribution in [-0.2, 0) is 12.8 Å². The number of benzene rings is 4. The van der Waals surface area contributed by atoms with Crippen LogP contribution in [0.3, 0.4) is 0 Å². The van der Waals surface area contributed by atoms with Gasteiger partial charge in [-0.3, -0.25) is 9.97 Å². The lowest BCUT2D eigenvalue weighted by atomic mass is 9.94. The summed E-state index contributed by atoms with van der Waals surface area (Å²) in [6.07, 6.45) is 9.34. The van der Waals surface area contributed by atoms with Crippen molar-refractivity contribution < 1.29 is 0 Å². The van der Waals surface area contributed by atoms with Crippen LogP contribution in [0.5, 0.6) is 0 Å². The van der Waals surface area contributed by atoms with Crippen molar-refractivity contribution in [2.75, 3.05) is 9.80 Å². The molecule has 0 fully saturated rings. The second-order valence-corrected chi connectivity index (χ2v) is 9.78. The molecule has 6 rings (SSSR count). The Hall–Kier alpha value is -4.96. The van der Waals surface area contributed by atoms with Gasteiger partial charge in [-0.15, -0.1) is 0 Å². The summed E-state index contributed by atoms with van der Waals surface area (Å²) in [5.41, 5.74) is 9.20. The number of nitrogens with zero attached hydrogens (tertiary/aromatic N) is 4. The average molecular weight is 521 g/mol. The van der Waals surface area contributed by atoms with Gasteiger partial charge in [0.15, 0.2) is 0 Å². The van der Waals surface area contributed by atoms with E-state index in [9.17, 15) is 0 Å². The van der Waals surface area contributed by atoms with E-state index in [4.69, 9.17) is 0 Å². The first kappa shape index (κ1) is 25.3. The number of fused-ring (bicyclic) bond motifs is 1. The van der Waals surface area contributed by atoms with Crippen molar-refractivity contribution in [2.24, 2.45) is 0 Å².